The summed E-state index contributed by atoms with van der Waals surface area (Å²) in [5.74, 6) is 0. The van der Waals surface area contributed by atoms with Crippen molar-refractivity contribution in [2.75, 3.05) is 0 Å². The quantitative estimate of drug-likeness (QED) is 0.464. The molecule has 0 bridgehead atoms. The molecule has 4 nitrogen and oxygen atoms in total. The standard InChI is InChI=1S/C11H14N2.C9H10N2.C2H6/c1-4-9-5-8(2)11-10(6-9)7-13(3)12-11;1-7-3-4-9-8(5-7)6-11(2)10-9;1-2/h5-7H,4H2,1-3H3;3-6H,1-2H3;1-2H3. The van der Waals surface area contributed by atoms with Gasteiger partial charge in [0.2, 0.25) is 0 Å². The lowest BCUT2D eigenvalue weighted by atomic mass is 10.1. The van der Waals surface area contributed by atoms with Gasteiger partial charge in [-0.2, -0.15) is 10.2 Å². The van der Waals surface area contributed by atoms with E-state index in [0.29, 0.717) is 0 Å². The summed E-state index contributed by atoms with van der Waals surface area (Å²) in [5.41, 5.74) is 6.14. The first-order valence-electron chi connectivity index (χ1n) is 9.29. The zero-order valence-electron chi connectivity index (χ0n) is 17.0. The Labute approximate surface area is 156 Å². The van der Waals surface area contributed by atoms with Crippen LogP contribution >= 0.6 is 0 Å². The number of aryl methyl sites for hydroxylation is 5. The van der Waals surface area contributed by atoms with Crippen molar-refractivity contribution in [1.29, 1.82) is 0 Å². The molecule has 0 N–H and O–H groups in total. The second-order valence-corrected chi connectivity index (χ2v) is 6.37. The lowest BCUT2D eigenvalue weighted by molar-refractivity contribution is 0.779. The first kappa shape index (κ1) is 19.7. The summed E-state index contributed by atoms with van der Waals surface area (Å²) < 4.78 is 3.71. The van der Waals surface area contributed by atoms with Gasteiger partial charge in [-0.15, -0.1) is 0 Å². The first-order chi connectivity index (χ1) is 12.5. The van der Waals surface area contributed by atoms with Crippen molar-refractivity contribution in [3.05, 3.63) is 59.4 Å². The van der Waals surface area contributed by atoms with Crippen LogP contribution in [-0.4, -0.2) is 19.6 Å². The fraction of sp³-hybridized carbons (Fsp3) is 0.364. The molecule has 0 spiro atoms. The number of nitrogens with zero attached hydrogens (tertiary/aromatic N) is 4. The predicted octanol–water partition coefficient (Wildman–Crippen LogP) is 5.35. The van der Waals surface area contributed by atoms with Crippen LogP contribution in [0.3, 0.4) is 0 Å². The van der Waals surface area contributed by atoms with Gasteiger partial charge in [-0.1, -0.05) is 38.5 Å². The van der Waals surface area contributed by atoms with Crippen molar-refractivity contribution < 1.29 is 0 Å². The van der Waals surface area contributed by atoms with Gasteiger partial charge in [0.25, 0.3) is 0 Å². The van der Waals surface area contributed by atoms with Crippen LogP contribution in [0.4, 0.5) is 0 Å². The summed E-state index contributed by atoms with van der Waals surface area (Å²) in [7, 11) is 3.90. The summed E-state index contributed by atoms with van der Waals surface area (Å²) >= 11 is 0. The van der Waals surface area contributed by atoms with E-state index >= 15 is 0 Å². The van der Waals surface area contributed by atoms with Crippen molar-refractivity contribution >= 4 is 21.8 Å². The molecule has 0 fully saturated rings. The number of rotatable bonds is 1. The molecule has 4 heteroatoms. The molecule has 0 aliphatic heterocycles. The second-order valence-electron chi connectivity index (χ2n) is 6.37. The van der Waals surface area contributed by atoms with E-state index in [9.17, 15) is 0 Å². The fourth-order valence-corrected chi connectivity index (χ4v) is 2.98. The van der Waals surface area contributed by atoms with Gasteiger partial charge in [0.1, 0.15) is 0 Å². The van der Waals surface area contributed by atoms with Crippen LogP contribution < -0.4 is 0 Å². The second kappa shape index (κ2) is 8.65. The van der Waals surface area contributed by atoms with E-state index in [-0.39, 0.29) is 0 Å². The van der Waals surface area contributed by atoms with Gasteiger partial charge in [-0.05, 0) is 49.6 Å². The van der Waals surface area contributed by atoms with Crippen LogP contribution in [-0.2, 0) is 20.5 Å². The van der Waals surface area contributed by atoms with Gasteiger partial charge >= 0.3 is 0 Å². The first-order valence-corrected chi connectivity index (χ1v) is 9.29. The highest BCUT2D eigenvalue weighted by atomic mass is 15.2. The minimum Gasteiger partial charge on any atom is -0.275 e. The van der Waals surface area contributed by atoms with Gasteiger partial charge in [-0.25, -0.2) is 0 Å². The van der Waals surface area contributed by atoms with Crippen molar-refractivity contribution in [2.24, 2.45) is 14.1 Å². The van der Waals surface area contributed by atoms with Crippen LogP contribution in [0.2, 0.25) is 0 Å². The Morgan fingerprint density at radius 1 is 0.846 bits per heavy atom. The molecule has 0 aliphatic carbocycles. The summed E-state index contributed by atoms with van der Waals surface area (Å²) in [6.07, 6.45) is 5.19. The average molecular weight is 351 g/mol. The minimum absolute atomic E-state index is 1.07. The number of hydrogen-bond acceptors (Lipinski definition) is 2. The van der Waals surface area contributed by atoms with Crippen LogP contribution in [0.15, 0.2) is 42.7 Å². The topological polar surface area (TPSA) is 35.6 Å². The molecule has 0 unspecified atom stereocenters. The number of hydrogen-bond donors (Lipinski definition) is 0. The van der Waals surface area contributed by atoms with Crippen LogP contribution in [0.1, 0.15) is 37.5 Å². The number of aromatic nitrogens is 4. The Balaban J connectivity index is 0.000000173. The Hall–Kier alpha value is -2.62. The van der Waals surface area contributed by atoms with E-state index in [1.807, 2.05) is 49.6 Å². The summed E-state index contributed by atoms with van der Waals surface area (Å²) in [5, 5.41) is 11.1. The number of fused-ring (bicyclic) bond motifs is 2. The molecular formula is C22H30N4. The molecule has 0 saturated heterocycles. The van der Waals surface area contributed by atoms with E-state index in [1.54, 1.807) is 0 Å². The third kappa shape index (κ3) is 4.51. The number of benzene rings is 2. The fourth-order valence-electron chi connectivity index (χ4n) is 2.98. The predicted molar refractivity (Wildman–Crippen MR) is 112 cm³/mol. The normalized spacial score (nSPS) is 10.3. The Kier molecular flexibility index (Phi) is 6.56. The van der Waals surface area contributed by atoms with Crippen molar-refractivity contribution in [3.63, 3.8) is 0 Å². The maximum atomic E-state index is 4.40. The summed E-state index contributed by atoms with van der Waals surface area (Å²) in [6, 6.07) is 10.7. The van der Waals surface area contributed by atoms with Crippen LogP contribution in [0, 0.1) is 13.8 Å². The smallest absolute Gasteiger partial charge is 0.0952 e. The van der Waals surface area contributed by atoms with E-state index in [4.69, 9.17) is 0 Å². The van der Waals surface area contributed by atoms with Gasteiger partial charge < -0.3 is 0 Å². The zero-order valence-corrected chi connectivity index (χ0v) is 17.0. The van der Waals surface area contributed by atoms with Crippen molar-refractivity contribution in [2.45, 2.75) is 41.0 Å². The largest absolute Gasteiger partial charge is 0.275 e. The van der Waals surface area contributed by atoms with Gasteiger partial charge in [0, 0.05) is 37.3 Å². The maximum Gasteiger partial charge on any atom is 0.0952 e. The van der Waals surface area contributed by atoms with Crippen molar-refractivity contribution in [3.8, 4) is 0 Å². The molecule has 2 aromatic heterocycles. The van der Waals surface area contributed by atoms with Crippen LogP contribution in [0.25, 0.3) is 21.8 Å². The van der Waals surface area contributed by atoms with E-state index in [0.717, 1.165) is 17.5 Å². The Morgan fingerprint density at radius 3 is 2.19 bits per heavy atom. The molecule has 0 amide bonds. The van der Waals surface area contributed by atoms with Crippen LogP contribution in [0.5, 0.6) is 0 Å². The van der Waals surface area contributed by atoms with Gasteiger partial charge in [0.05, 0.1) is 11.0 Å². The van der Waals surface area contributed by atoms with E-state index in [1.165, 1.54) is 27.5 Å². The summed E-state index contributed by atoms with van der Waals surface area (Å²) in [4.78, 5) is 0. The zero-order chi connectivity index (χ0) is 19.3. The maximum absolute atomic E-state index is 4.40. The highest BCUT2D eigenvalue weighted by molar-refractivity contribution is 5.82. The van der Waals surface area contributed by atoms with E-state index in [2.05, 4.69) is 61.4 Å². The molecule has 2 aromatic carbocycles. The monoisotopic (exact) mass is 350 g/mol. The molecule has 4 aromatic rings. The molecule has 0 atom stereocenters. The molecule has 2 heterocycles. The third-order valence-electron chi connectivity index (χ3n) is 4.16. The van der Waals surface area contributed by atoms with Gasteiger partial charge in [-0.3, -0.25) is 9.36 Å². The average Bonchev–Trinajstić information content (AvgIpc) is 3.18. The molecule has 138 valence electrons. The lowest BCUT2D eigenvalue weighted by Gasteiger charge is -1.99. The highest BCUT2D eigenvalue weighted by Crippen LogP contribution is 2.19. The van der Waals surface area contributed by atoms with Gasteiger partial charge in [0.15, 0.2) is 0 Å². The SMILES string of the molecule is CC.CCc1cc(C)c2nn(C)cc2c1.Cc1ccc2nn(C)cc2c1. The molecule has 0 aliphatic rings. The Bertz CT molecular complexity index is 992. The summed E-state index contributed by atoms with van der Waals surface area (Å²) in [6.45, 7) is 10.4. The molecule has 0 saturated carbocycles. The Morgan fingerprint density at radius 2 is 1.50 bits per heavy atom. The minimum atomic E-state index is 1.07. The van der Waals surface area contributed by atoms with Crippen molar-refractivity contribution in [1.82, 2.24) is 19.6 Å². The molecule has 0 radical (unpaired) electrons. The molecule has 26 heavy (non-hydrogen) atoms. The van der Waals surface area contributed by atoms with E-state index < -0.39 is 0 Å². The highest BCUT2D eigenvalue weighted by Gasteiger charge is 2.03. The lowest BCUT2D eigenvalue weighted by Crippen LogP contribution is -1.86. The molecule has 4 rings (SSSR count). The molecular weight excluding hydrogens is 320 g/mol. The third-order valence-corrected chi connectivity index (χ3v) is 4.16.